The lowest BCUT2D eigenvalue weighted by Gasteiger charge is -2.45. The normalized spacial score (nSPS) is 20.8. The first kappa shape index (κ1) is 17.3. The van der Waals surface area contributed by atoms with Crippen LogP contribution in [0, 0.1) is 5.41 Å². The lowest BCUT2D eigenvalue weighted by molar-refractivity contribution is -0.149. The molecule has 1 aliphatic heterocycles. The minimum Gasteiger partial charge on any atom is -0.480 e. The number of rotatable bonds is 4. The van der Waals surface area contributed by atoms with E-state index in [1.807, 2.05) is 13.8 Å². The first-order valence-corrected chi connectivity index (χ1v) is 7.02. The fraction of sp³-hybridized carbons (Fsp3) is 0.786. The number of likely N-dealkylation sites (tertiary alicyclic amines) is 1. The van der Waals surface area contributed by atoms with Gasteiger partial charge in [-0.1, -0.05) is 13.8 Å². The molecule has 0 spiro atoms. The van der Waals surface area contributed by atoms with E-state index in [-0.39, 0.29) is 19.0 Å². The van der Waals surface area contributed by atoms with Crippen molar-refractivity contribution in [2.24, 2.45) is 5.41 Å². The van der Waals surface area contributed by atoms with Gasteiger partial charge in [-0.3, -0.25) is 4.79 Å². The highest BCUT2D eigenvalue weighted by Crippen LogP contribution is 2.35. The number of carboxylic acids is 1. The fourth-order valence-corrected chi connectivity index (χ4v) is 2.74. The van der Waals surface area contributed by atoms with Gasteiger partial charge in [-0.2, -0.15) is 0 Å². The van der Waals surface area contributed by atoms with Crippen molar-refractivity contribution < 1.29 is 24.2 Å². The van der Waals surface area contributed by atoms with Crippen molar-refractivity contribution in [1.82, 2.24) is 9.80 Å². The number of amides is 2. The molecule has 1 unspecified atom stereocenters. The van der Waals surface area contributed by atoms with Gasteiger partial charge in [0.2, 0.25) is 0 Å². The van der Waals surface area contributed by atoms with Crippen molar-refractivity contribution >= 4 is 18.0 Å². The van der Waals surface area contributed by atoms with Gasteiger partial charge in [0.15, 0.2) is 0 Å². The number of piperidine rings is 1. The zero-order valence-corrected chi connectivity index (χ0v) is 13.1. The Kier molecular flexibility index (Phi) is 5.57. The Morgan fingerprint density at radius 1 is 1.38 bits per heavy atom. The van der Waals surface area contributed by atoms with E-state index in [0.717, 1.165) is 12.8 Å². The van der Waals surface area contributed by atoms with Crippen LogP contribution in [0.3, 0.4) is 0 Å². The Bertz CT molecular complexity index is 422. The SMILES string of the molecule is COC(=O)CCN(C)C(=O)N1CCCC(C)(C)C1C(=O)O. The van der Waals surface area contributed by atoms with Crippen LogP contribution in [0.1, 0.15) is 33.1 Å². The molecule has 7 nitrogen and oxygen atoms in total. The second kappa shape index (κ2) is 6.78. The number of hydrogen-bond acceptors (Lipinski definition) is 4. The second-order valence-electron chi connectivity index (χ2n) is 6.06. The molecule has 1 N–H and O–H groups in total. The van der Waals surface area contributed by atoms with Crippen LogP contribution in [0.5, 0.6) is 0 Å². The van der Waals surface area contributed by atoms with Gasteiger partial charge in [-0.05, 0) is 18.3 Å². The first-order chi connectivity index (χ1) is 9.70. The van der Waals surface area contributed by atoms with Crippen LogP contribution in [0.25, 0.3) is 0 Å². The van der Waals surface area contributed by atoms with E-state index < -0.39 is 23.4 Å². The maximum atomic E-state index is 12.4. The summed E-state index contributed by atoms with van der Waals surface area (Å²) >= 11 is 0. The van der Waals surface area contributed by atoms with Gasteiger partial charge >= 0.3 is 18.0 Å². The van der Waals surface area contributed by atoms with Gasteiger partial charge in [0.25, 0.3) is 0 Å². The first-order valence-electron chi connectivity index (χ1n) is 7.02. The lowest BCUT2D eigenvalue weighted by Crippen LogP contribution is -2.59. The molecular formula is C14H24N2O5. The Balaban J connectivity index is 2.78. The van der Waals surface area contributed by atoms with Crippen molar-refractivity contribution in [2.75, 3.05) is 27.2 Å². The van der Waals surface area contributed by atoms with Crippen molar-refractivity contribution in [2.45, 2.75) is 39.2 Å². The molecule has 2 amide bonds. The third-order valence-electron chi connectivity index (χ3n) is 3.96. The number of ether oxygens (including phenoxy) is 1. The van der Waals surface area contributed by atoms with E-state index in [4.69, 9.17) is 0 Å². The third kappa shape index (κ3) is 4.09. The minimum absolute atomic E-state index is 0.0910. The van der Waals surface area contributed by atoms with Crippen LogP contribution in [0.15, 0.2) is 0 Å². The molecule has 21 heavy (non-hydrogen) atoms. The smallest absolute Gasteiger partial charge is 0.327 e. The predicted molar refractivity (Wildman–Crippen MR) is 75.8 cm³/mol. The summed E-state index contributed by atoms with van der Waals surface area (Å²) in [5, 5.41) is 9.44. The molecule has 1 saturated heterocycles. The Labute approximate surface area is 124 Å². The van der Waals surface area contributed by atoms with Gasteiger partial charge in [0.1, 0.15) is 6.04 Å². The summed E-state index contributed by atoms with van der Waals surface area (Å²) in [5.41, 5.74) is -0.469. The number of carbonyl (C=O) groups is 3. The number of hydrogen-bond donors (Lipinski definition) is 1. The molecule has 0 bridgehead atoms. The zero-order chi connectivity index (χ0) is 16.2. The van der Waals surface area contributed by atoms with Crippen LogP contribution in [0.4, 0.5) is 4.79 Å². The largest absolute Gasteiger partial charge is 0.480 e. The Morgan fingerprint density at radius 3 is 2.52 bits per heavy atom. The fourth-order valence-electron chi connectivity index (χ4n) is 2.74. The van der Waals surface area contributed by atoms with E-state index >= 15 is 0 Å². The van der Waals surface area contributed by atoms with Crippen LogP contribution in [-0.2, 0) is 14.3 Å². The zero-order valence-electron chi connectivity index (χ0n) is 13.1. The van der Waals surface area contributed by atoms with E-state index in [9.17, 15) is 19.5 Å². The second-order valence-corrected chi connectivity index (χ2v) is 6.06. The van der Waals surface area contributed by atoms with Gasteiger partial charge in [-0.25, -0.2) is 9.59 Å². The quantitative estimate of drug-likeness (QED) is 0.788. The number of methoxy groups -OCH3 is 1. The number of nitrogens with zero attached hydrogens (tertiary/aromatic N) is 2. The summed E-state index contributed by atoms with van der Waals surface area (Å²) < 4.78 is 4.53. The molecule has 7 heteroatoms. The molecule has 0 aromatic rings. The molecule has 0 radical (unpaired) electrons. The van der Waals surface area contributed by atoms with Gasteiger partial charge in [0.05, 0.1) is 13.5 Å². The molecule has 1 atom stereocenters. The molecule has 0 aromatic carbocycles. The van der Waals surface area contributed by atoms with E-state index in [1.165, 1.54) is 16.9 Å². The average molecular weight is 300 g/mol. The summed E-state index contributed by atoms with van der Waals surface area (Å²) in [6.07, 6.45) is 1.63. The molecule has 1 fully saturated rings. The van der Waals surface area contributed by atoms with Gasteiger partial charge in [-0.15, -0.1) is 0 Å². The van der Waals surface area contributed by atoms with Crippen molar-refractivity contribution in [3.05, 3.63) is 0 Å². The van der Waals surface area contributed by atoms with Crippen molar-refractivity contribution in [3.8, 4) is 0 Å². The molecule has 1 aliphatic rings. The standard InChI is InChI=1S/C14H24N2O5/c1-14(2)7-5-8-16(11(14)12(18)19)13(20)15(3)9-6-10(17)21-4/h11H,5-9H2,1-4H3,(H,18,19). The van der Waals surface area contributed by atoms with E-state index in [1.54, 1.807) is 7.05 Å². The van der Waals surface area contributed by atoms with Crippen molar-refractivity contribution in [3.63, 3.8) is 0 Å². The lowest BCUT2D eigenvalue weighted by atomic mass is 9.76. The summed E-state index contributed by atoms with van der Waals surface area (Å²) in [6, 6.07) is -1.21. The highest BCUT2D eigenvalue weighted by atomic mass is 16.5. The minimum atomic E-state index is -0.991. The molecular weight excluding hydrogens is 276 g/mol. The van der Waals surface area contributed by atoms with Gasteiger partial charge < -0.3 is 19.6 Å². The van der Waals surface area contributed by atoms with Crippen LogP contribution in [0.2, 0.25) is 0 Å². The van der Waals surface area contributed by atoms with Crippen LogP contribution in [-0.4, -0.2) is 66.2 Å². The highest BCUT2D eigenvalue weighted by Gasteiger charge is 2.45. The Hall–Kier alpha value is -1.79. The molecule has 0 saturated carbocycles. The summed E-state index contributed by atoms with van der Waals surface area (Å²) in [6.45, 7) is 4.34. The van der Waals surface area contributed by atoms with E-state index in [0.29, 0.717) is 6.54 Å². The summed E-state index contributed by atoms with van der Waals surface area (Å²) in [7, 11) is 2.85. The highest BCUT2D eigenvalue weighted by molar-refractivity contribution is 5.83. The number of carboxylic acid groups (broad SMARTS) is 1. The average Bonchev–Trinajstić information content (AvgIpc) is 2.41. The predicted octanol–water partition coefficient (Wildman–Crippen LogP) is 1.18. The molecule has 120 valence electrons. The van der Waals surface area contributed by atoms with Crippen LogP contribution < -0.4 is 0 Å². The molecule has 1 heterocycles. The maximum Gasteiger partial charge on any atom is 0.327 e. The number of esters is 1. The number of aliphatic carboxylic acids is 1. The maximum absolute atomic E-state index is 12.4. The van der Waals surface area contributed by atoms with Crippen molar-refractivity contribution in [1.29, 1.82) is 0 Å². The molecule has 1 rings (SSSR count). The Morgan fingerprint density at radius 2 is 2.00 bits per heavy atom. The monoisotopic (exact) mass is 300 g/mol. The molecule has 0 aromatic heterocycles. The molecule has 0 aliphatic carbocycles. The van der Waals surface area contributed by atoms with Crippen LogP contribution >= 0.6 is 0 Å². The van der Waals surface area contributed by atoms with Gasteiger partial charge in [0, 0.05) is 20.1 Å². The number of carbonyl (C=O) groups excluding carboxylic acids is 2. The van der Waals surface area contributed by atoms with E-state index in [2.05, 4.69) is 4.74 Å². The number of urea groups is 1. The summed E-state index contributed by atoms with van der Waals surface area (Å²) in [4.78, 5) is 37.9. The summed E-state index contributed by atoms with van der Waals surface area (Å²) in [5.74, 6) is -1.39. The third-order valence-corrected chi connectivity index (χ3v) is 3.96. The topological polar surface area (TPSA) is 87.2 Å².